The van der Waals surface area contributed by atoms with Crippen molar-refractivity contribution in [2.45, 2.75) is 52.0 Å². The predicted octanol–water partition coefficient (Wildman–Crippen LogP) is 3.60. The molecule has 0 aliphatic heterocycles. The van der Waals surface area contributed by atoms with E-state index in [0.29, 0.717) is 5.75 Å². The van der Waals surface area contributed by atoms with Crippen LogP contribution in [0.5, 0.6) is 0 Å². The molecule has 0 amide bonds. The lowest BCUT2D eigenvalue weighted by Crippen LogP contribution is -2.23. The monoisotopic (exact) mass is 292 g/mol. The van der Waals surface area contributed by atoms with E-state index in [9.17, 15) is 4.21 Å². The highest BCUT2D eigenvalue weighted by molar-refractivity contribution is 7.83. The highest BCUT2D eigenvalue weighted by atomic mass is 32.2. The van der Waals surface area contributed by atoms with Crippen LogP contribution in [0.1, 0.15) is 57.7 Å². The van der Waals surface area contributed by atoms with Crippen molar-refractivity contribution in [2.75, 3.05) is 5.75 Å². The predicted molar refractivity (Wildman–Crippen MR) is 84.5 cm³/mol. The van der Waals surface area contributed by atoms with E-state index in [1.807, 2.05) is 45.0 Å². The van der Waals surface area contributed by atoms with E-state index in [1.54, 1.807) is 0 Å². The van der Waals surface area contributed by atoms with Gasteiger partial charge in [0.05, 0.1) is 22.5 Å². The SMILES string of the molecule is CCCCS(=O)NC(C)c1ccc(C(C)(C)C#N)cc1. The first-order chi connectivity index (χ1) is 9.40. The molecular formula is C16H24N2OS. The van der Waals surface area contributed by atoms with Gasteiger partial charge in [0.2, 0.25) is 0 Å². The Bertz CT molecular complexity index is 488. The van der Waals surface area contributed by atoms with Gasteiger partial charge in [0, 0.05) is 11.8 Å². The van der Waals surface area contributed by atoms with Gasteiger partial charge in [-0.05, 0) is 38.3 Å². The fourth-order valence-corrected chi connectivity index (χ4v) is 3.05. The van der Waals surface area contributed by atoms with Crippen molar-refractivity contribution in [2.24, 2.45) is 0 Å². The molecule has 3 nitrogen and oxygen atoms in total. The van der Waals surface area contributed by atoms with Crippen LogP contribution < -0.4 is 4.72 Å². The van der Waals surface area contributed by atoms with E-state index in [-0.39, 0.29) is 6.04 Å². The Morgan fingerprint density at radius 3 is 2.45 bits per heavy atom. The third-order valence-corrected chi connectivity index (χ3v) is 4.68. The molecule has 0 radical (unpaired) electrons. The van der Waals surface area contributed by atoms with Crippen LogP contribution in [0, 0.1) is 11.3 Å². The number of benzene rings is 1. The first-order valence-electron chi connectivity index (χ1n) is 7.07. The summed E-state index contributed by atoms with van der Waals surface area (Å²) in [5.74, 6) is 0.695. The summed E-state index contributed by atoms with van der Waals surface area (Å²) in [5, 5.41) is 9.12. The van der Waals surface area contributed by atoms with Gasteiger partial charge in [-0.1, -0.05) is 37.6 Å². The van der Waals surface area contributed by atoms with Gasteiger partial charge in [-0.15, -0.1) is 0 Å². The number of nitriles is 1. The minimum absolute atomic E-state index is 0.0481. The van der Waals surface area contributed by atoms with Crippen LogP contribution in [0.25, 0.3) is 0 Å². The topological polar surface area (TPSA) is 52.9 Å². The average Bonchev–Trinajstić information content (AvgIpc) is 2.45. The maximum Gasteiger partial charge on any atom is 0.0920 e. The van der Waals surface area contributed by atoms with E-state index in [2.05, 4.69) is 17.7 Å². The highest BCUT2D eigenvalue weighted by Gasteiger charge is 2.19. The van der Waals surface area contributed by atoms with E-state index in [4.69, 9.17) is 5.26 Å². The summed E-state index contributed by atoms with van der Waals surface area (Å²) in [6.07, 6.45) is 2.03. The van der Waals surface area contributed by atoms with Gasteiger partial charge in [-0.25, -0.2) is 8.93 Å². The van der Waals surface area contributed by atoms with Gasteiger partial charge in [0.1, 0.15) is 0 Å². The van der Waals surface area contributed by atoms with E-state index in [0.717, 1.165) is 24.0 Å². The minimum atomic E-state index is -0.977. The molecule has 1 N–H and O–H groups in total. The molecular weight excluding hydrogens is 268 g/mol. The lowest BCUT2D eigenvalue weighted by atomic mass is 9.86. The lowest BCUT2D eigenvalue weighted by molar-refractivity contribution is 0.646. The fourth-order valence-electron chi connectivity index (χ4n) is 1.85. The summed E-state index contributed by atoms with van der Waals surface area (Å²) in [6, 6.07) is 10.3. The molecule has 1 rings (SSSR count). The molecule has 0 saturated carbocycles. The number of hydrogen-bond acceptors (Lipinski definition) is 2. The average molecular weight is 292 g/mol. The Labute approximate surface area is 125 Å². The molecule has 0 fully saturated rings. The van der Waals surface area contributed by atoms with Crippen molar-refractivity contribution in [1.82, 2.24) is 4.72 Å². The van der Waals surface area contributed by atoms with E-state index >= 15 is 0 Å². The van der Waals surface area contributed by atoms with Crippen molar-refractivity contribution >= 4 is 11.0 Å². The molecule has 0 spiro atoms. The van der Waals surface area contributed by atoms with Crippen LogP contribution in [-0.2, 0) is 16.4 Å². The fraction of sp³-hybridized carbons (Fsp3) is 0.562. The molecule has 2 unspecified atom stereocenters. The molecule has 2 atom stereocenters. The number of nitrogens with zero attached hydrogens (tertiary/aromatic N) is 1. The van der Waals surface area contributed by atoms with Gasteiger partial charge < -0.3 is 0 Å². The zero-order valence-corrected chi connectivity index (χ0v) is 13.6. The highest BCUT2D eigenvalue weighted by Crippen LogP contribution is 2.24. The minimum Gasteiger partial charge on any atom is -0.243 e. The van der Waals surface area contributed by atoms with Gasteiger partial charge in [-0.2, -0.15) is 5.26 Å². The number of rotatable bonds is 7. The molecule has 1 aromatic carbocycles. The Kier molecular flexibility index (Phi) is 6.38. The molecule has 1 aromatic rings. The van der Waals surface area contributed by atoms with Gasteiger partial charge in [0.25, 0.3) is 0 Å². The van der Waals surface area contributed by atoms with Crippen molar-refractivity contribution in [1.29, 1.82) is 5.26 Å². The maximum atomic E-state index is 11.8. The summed E-state index contributed by atoms with van der Waals surface area (Å²) in [7, 11) is -0.977. The van der Waals surface area contributed by atoms with E-state index in [1.165, 1.54) is 0 Å². The Morgan fingerprint density at radius 1 is 1.35 bits per heavy atom. The van der Waals surface area contributed by atoms with Crippen molar-refractivity contribution < 1.29 is 4.21 Å². The van der Waals surface area contributed by atoms with Crippen LogP contribution in [-0.4, -0.2) is 9.96 Å². The summed E-state index contributed by atoms with van der Waals surface area (Å²) in [4.78, 5) is 0. The molecule has 110 valence electrons. The Balaban J connectivity index is 2.69. The molecule has 0 aromatic heterocycles. The lowest BCUT2D eigenvalue weighted by Gasteiger charge is -2.18. The van der Waals surface area contributed by atoms with Gasteiger partial charge >= 0.3 is 0 Å². The first-order valence-corrected chi connectivity index (χ1v) is 8.39. The van der Waals surface area contributed by atoms with Crippen molar-refractivity contribution in [3.05, 3.63) is 35.4 Å². The smallest absolute Gasteiger partial charge is 0.0920 e. The number of nitrogens with one attached hydrogen (secondary N) is 1. The van der Waals surface area contributed by atoms with Crippen molar-refractivity contribution in [3.8, 4) is 6.07 Å². The van der Waals surface area contributed by atoms with Crippen LogP contribution in [0.15, 0.2) is 24.3 Å². The summed E-state index contributed by atoms with van der Waals surface area (Å²) < 4.78 is 14.9. The maximum absolute atomic E-state index is 11.8. The quantitative estimate of drug-likeness (QED) is 0.834. The largest absolute Gasteiger partial charge is 0.243 e. The van der Waals surface area contributed by atoms with Crippen LogP contribution in [0.4, 0.5) is 0 Å². The van der Waals surface area contributed by atoms with Crippen LogP contribution >= 0.6 is 0 Å². The second-order valence-corrected chi connectivity index (χ2v) is 6.94. The van der Waals surface area contributed by atoms with Crippen LogP contribution in [0.3, 0.4) is 0 Å². The normalized spacial score (nSPS) is 14.6. The molecule has 20 heavy (non-hydrogen) atoms. The van der Waals surface area contributed by atoms with Gasteiger partial charge in [-0.3, -0.25) is 0 Å². The summed E-state index contributed by atoms with van der Waals surface area (Å²) >= 11 is 0. The molecule has 0 saturated heterocycles. The molecule has 0 bridgehead atoms. The summed E-state index contributed by atoms with van der Waals surface area (Å²) in [6.45, 7) is 7.91. The van der Waals surface area contributed by atoms with Gasteiger partial charge in [0.15, 0.2) is 0 Å². The first kappa shape index (κ1) is 16.9. The molecule has 4 heteroatoms. The third-order valence-electron chi connectivity index (χ3n) is 3.40. The standard InChI is InChI=1S/C16H24N2OS/c1-5-6-11-20(19)18-13(2)14-7-9-15(10-8-14)16(3,4)12-17/h7-10,13,18H,5-6,11H2,1-4H3. The Morgan fingerprint density at radius 2 is 1.95 bits per heavy atom. The molecule has 0 heterocycles. The second-order valence-electron chi connectivity index (χ2n) is 5.60. The third kappa shape index (κ3) is 4.73. The summed E-state index contributed by atoms with van der Waals surface area (Å²) in [5.41, 5.74) is 1.62. The number of hydrogen-bond donors (Lipinski definition) is 1. The second kappa shape index (κ2) is 7.56. The molecule has 0 aliphatic rings. The van der Waals surface area contributed by atoms with Crippen LogP contribution in [0.2, 0.25) is 0 Å². The Hall–Kier alpha value is -1.18. The zero-order chi connectivity index (χ0) is 15.2. The molecule has 0 aliphatic carbocycles. The van der Waals surface area contributed by atoms with E-state index < -0.39 is 16.4 Å². The van der Waals surface area contributed by atoms with Crippen molar-refractivity contribution in [3.63, 3.8) is 0 Å². The zero-order valence-electron chi connectivity index (χ0n) is 12.8. The number of unbranched alkanes of at least 4 members (excludes halogenated alkanes) is 1.